The zero-order valence-electron chi connectivity index (χ0n) is 12.1. The molecule has 0 spiro atoms. The maximum Gasteiger partial charge on any atom is 0.289 e. The summed E-state index contributed by atoms with van der Waals surface area (Å²) in [5.41, 5.74) is -0.464. The predicted molar refractivity (Wildman–Crippen MR) is 88.6 cm³/mol. The Labute approximate surface area is 145 Å². The molecule has 1 aromatic rings. The maximum absolute atomic E-state index is 12.5. The van der Waals surface area contributed by atoms with Gasteiger partial charge in [-0.2, -0.15) is 0 Å². The number of halogens is 2. The first-order valence-corrected chi connectivity index (χ1v) is 8.93. The van der Waals surface area contributed by atoms with Gasteiger partial charge in [-0.05, 0) is 37.8 Å². The van der Waals surface area contributed by atoms with Crippen molar-refractivity contribution in [2.24, 2.45) is 0 Å². The van der Waals surface area contributed by atoms with Crippen molar-refractivity contribution in [3.63, 3.8) is 0 Å². The van der Waals surface area contributed by atoms with E-state index in [4.69, 9.17) is 11.6 Å². The van der Waals surface area contributed by atoms with Crippen molar-refractivity contribution in [3.05, 3.63) is 33.3 Å². The molecule has 0 saturated carbocycles. The van der Waals surface area contributed by atoms with Gasteiger partial charge in [0.15, 0.2) is 4.90 Å². The third kappa shape index (κ3) is 3.95. The van der Waals surface area contributed by atoms with E-state index in [2.05, 4.69) is 10.0 Å². The maximum atomic E-state index is 12.5. The molecule has 2 heterocycles. The van der Waals surface area contributed by atoms with E-state index in [1.807, 2.05) is 0 Å². The van der Waals surface area contributed by atoms with Crippen molar-refractivity contribution in [1.29, 1.82) is 0 Å². The molecule has 2 saturated heterocycles. The second-order valence-corrected chi connectivity index (χ2v) is 7.92. The Morgan fingerprint density at radius 1 is 1.26 bits per heavy atom. The molecule has 10 heteroatoms. The lowest BCUT2D eigenvalue weighted by molar-refractivity contribution is -0.387. The lowest BCUT2D eigenvalue weighted by Crippen LogP contribution is -2.47. The minimum Gasteiger partial charge on any atom is -0.311 e. The van der Waals surface area contributed by atoms with E-state index in [9.17, 15) is 18.5 Å². The van der Waals surface area contributed by atoms with E-state index < -0.39 is 20.6 Å². The molecule has 128 valence electrons. The number of hydrogen-bond donors (Lipinski definition) is 2. The number of nitrogens with zero attached hydrogens (tertiary/aromatic N) is 1. The average Bonchev–Trinajstić information content (AvgIpc) is 2.77. The summed E-state index contributed by atoms with van der Waals surface area (Å²) in [4.78, 5) is 9.96. The van der Waals surface area contributed by atoms with Crippen LogP contribution in [0.4, 0.5) is 5.69 Å². The third-order valence-corrected chi connectivity index (χ3v) is 5.99. The van der Waals surface area contributed by atoms with Crippen molar-refractivity contribution in [1.82, 2.24) is 10.0 Å². The van der Waals surface area contributed by atoms with E-state index in [-0.39, 0.29) is 28.4 Å². The molecule has 2 N–H and O–H groups in total. The Morgan fingerprint density at radius 3 is 2.43 bits per heavy atom. The second kappa shape index (κ2) is 6.90. The van der Waals surface area contributed by atoms with Gasteiger partial charge < -0.3 is 5.32 Å². The number of fused-ring (bicyclic) bond motifs is 2. The van der Waals surface area contributed by atoms with Crippen LogP contribution in [0.2, 0.25) is 5.02 Å². The Balaban J connectivity index is 0.00000192. The number of nitrogens with one attached hydrogen (secondary N) is 2. The van der Waals surface area contributed by atoms with Crippen LogP contribution in [0.5, 0.6) is 0 Å². The quantitative estimate of drug-likeness (QED) is 0.614. The van der Waals surface area contributed by atoms with E-state index in [1.165, 1.54) is 6.07 Å². The van der Waals surface area contributed by atoms with Gasteiger partial charge in [0.1, 0.15) is 0 Å². The van der Waals surface area contributed by atoms with Crippen molar-refractivity contribution < 1.29 is 13.3 Å². The molecule has 0 amide bonds. The fraction of sp³-hybridized carbons (Fsp3) is 0.538. The Bertz CT molecular complexity index is 701. The minimum atomic E-state index is -3.98. The summed E-state index contributed by atoms with van der Waals surface area (Å²) in [5, 5.41) is 14.6. The molecule has 0 radical (unpaired) electrons. The predicted octanol–water partition coefficient (Wildman–Crippen LogP) is 2.23. The SMILES string of the molecule is Cl.O=[N+]([O-])c1ccc(Cl)cc1S(=O)(=O)NC1CC2CCC(C1)N2. The van der Waals surface area contributed by atoms with Gasteiger partial charge in [0.25, 0.3) is 5.69 Å². The van der Waals surface area contributed by atoms with Gasteiger partial charge in [-0.1, -0.05) is 11.6 Å². The molecular weight excluding hydrogens is 365 g/mol. The number of hydrogen-bond acceptors (Lipinski definition) is 5. The van der Waals surface area contributed by atoms with Crippen molar-refractivity contribution >= 4 is 39.7 Å². The number of sulfonamides is 1. The summed E-state index contributed by atoms with van der Waals surface area (Å²) in [6.45, 7) is 0. The zero-order valence-corrected chi connectivity index (χ0v) is 14.5. The summed E-state index contributed by atoms with van der Waals surface area (Å²) in [6, 6.07) is 3.98. The molecule has 2 atom stereocenters. The zero-order chi connectivity index (χ0) is 15.9. The standard InChI is InChI=1S/C13H16ClN3O4S.ClH/c14-8-1-4-12(17(18)19)13(5-8)22(20,21)16-11-6-9-2-3-10(7-11)15-9;/h1,4-5,9-11,15-16H,2-3,6-7H2;1H. The van der Waals surface area contributed by atoms with Crippen LogP contribution in [0.1, 0.15) is 25.7 Å². The number of nitro groups is 1. The molecule has 2 unspecified atom stereocenters. The smallest absolute Gasteiger partial charge is 0.289 e. The van der Waals surface area contributed by atoms with Crippen molar-refractivity contribution in [3.8, 4) is 0 Å². The van der Waals surface area contributed by atoms with E-state index >= 15 is 0 Å². The highest BCUT2D eigenvalue weighted by Crippen LogP contribution is 2.30. The van der Waals surface area contributed by atoms with Crippen LogP contribution in [0.3, 0.4) is 0 Å². The summed E-state index contributed by atoms with van der Waals surface area (Å²) >= 11 is 5.80. The van der Waals surface area contributed by atoms with Gasteiger partial charge in [0.2, 0.25) is 10.0 Å². The highest BCUT2D eigenvalue weighted by Gasteiger charge is 2.36. The molecule has 0 aromatic heterocycles. The monoisotopic (exact) mass is 381 g/mol. The van der Waals surface area contributed by atoms with Crippen LogP contribution in [-0.2, 0) is 10.0 Å². The van der Waals surface area contributed by atoms with Crippen LogP contribution >= 0.6 is 24.0 Å². The lowest BCUT2D eigenvalue weighted by atomic mass is 10.0. The van der Waals surface area contributed by atoms with E-state index in [0.717, 1.165) is 25.0 Å². The second-order valence-electron chi connectivity index (χ2n) is 5.80. The molecule has 0 aliphatic carbocycles. The Kier molecular flexibility index (Phi) is 5.52. The van der Waals surface area contributed by atoms with Gasteiger partial charge in [0, 0.05) is 29.2 Å². The average molecular weight is 382 g/mol. The van der Waals surface area contributed by atoms with Crippen LogP contribution < -0.4 is 10.0 Å². The molecule has 1 aromatic carbocycles. The highest BCUT2D eigenvalue weighted by molar-refractivity contribution is 7.89. The van der Waals surface area contributed by atoms with Crippen LogP contribution in [0.25, 0.3) is 0 Å². The van der Waals surface area contributed by atoms with Crippen molar-refractivity contribution in [2.45, 2.75) is 48.7 Å². The topological polar surface area (TPSA) is 101 Å². The van der Waals surface area contributed by atoms with Gasteiger partial charge in [0.05, 0.1) is 4.92 Å². The lowest BCUT2D eigenvalue weighted by Gasteiger charge is -2.29. The molecule has 2 aliphatic heterocycles. The molecule has 3 rings (SSSR count). The largest absolute Gasteiger partial charge is 0.311 e. The van der Waals surface area contributed by atoms with E-state index in [1.54, 1.807) is 0 Å². The molecule has 2 aliphatic rings. The first-order valence-electron chi connectivity index (χ1n) is 7.07. The van der Waals surface area contributed by atoms with Crippen LogP contribution in [0, 0.1) is 10.1 Å². The normalized spacial score (nSPS) is 26.6. The Morgan fingerprint density at radius 2 is 1.87 bits per heavy atom. The first kappa shape index (κ1) is 18.4. The van der Waals surface area contributed by atoms with Gasteiger partial charge in [-0.15, -0.1) is 12.4 Å². The summed E-state index contributed by atoms with van der Waals surface area (Å²) in [5.74, 6) is 0. The number of rotatable bonds is 4. The molecule has 2 fully saturated rings. The highest BCUT2D eigenvalue weighted by atomic mass is 35.5. The molecular formula is C13H17Cl2N3O4S. The molecule has 23 heavy (non-hydrogen) atoms. The number of nitro benzene ring substituents is 1. The molecule has 7 nitrogen and oxygen atoms in total. The minimum absolute atomic E-state index is 0. The number of benzene rings is 1. The van der Waals surface area contributed by atoms with E-state index in [0.29, 0.717) is 24.9 Å². The first-order chi connectivity index (χ1) is 10.3. The summed E-state index contributed by atoms with van der Waals surface area (Å²) < 4.78 is 27.6. The van der Waals surface area contributed by atoms with Gasteiger partial charge in [-0.25, -0.2) is 13.1 Å². The summed E-state index contributed by atoms with van der Waals surface area (Å²) in [6.07, 6.45) is 3.48. The third-order valence-electron chi connectivity index (χ3n) is 4.20. The fourth-order valence-electron chi connectivity index (χ4n) is 3.29. The van der Waals surface area contributed by atoms with Gasteiger partial charge in [-0.3, -0.25) is 10.1 Å². The van der Waals surface area contributed by atoms with Crippen molar-refractivity contribution in [2.75, 3.05) is 0 Å². The number of piperidine rings is 1. The summed E-state index contributed by atoms with van der Waals surface area (Å²) in [7, 11) is -3.98. The fourth-order valence-corrected chi connectivity index (χ4v) is 4.99. The van der Waals surface area contributed by atoms with Crippen LogP contribution in [0.15, 0.2) is 23.1 Å². The van der Waals surface area contributed by atoms with Gasteiger partial charge >= 0.3 is 0 Å². The van der Waals surface area contributed by atoms with Crippen LogP contribution in [-0.4, -0.2) is 31.5 Å². The Hall–Kier alpha value is -0.930. The molecule has 2 bridgehead atoms.